The number of hydrogen-bond donors (Lipinski definition) is 0. The van der Waals surface area contributed by atoms with E-state index in [1.807, 2.05) is 11.3 Å². The first-order chi connectivity index (χ1) is 25.0. The van der Waals surface area contributed by atoms with E-state index in [4.69, 9.17) is 0 Å². The van der Waals surface area contributed by atoms with E-state index >= 15 is 0 Å². The van der Waals surface area contributed by atoms with Crippen molar-refractivity contribution in [2.24, 2.45) is 0 Å². The molecule has 0 aliphatic heterocycles. The minimum atomic E-state index is -0.151. The maximum atomic E-state index is 2.49. The van der Waals surface area contributed by atoms with Crippen LogP contribution in [0.2, 0.25) is 0 Å². The third kappa shape index (κ3) is 4.75. The van der Waals surface area contributed by atoms with Crippen LogP contribution >= 0.6 is 11.3 Å². The fourth-order valence-corrected chi connectivity index (χ4v) is 9.47. The van der Waals surface area contributed by atoms with Gasteiger partial charge in [-0.1, -0.05) is 141 Å². The number of benzene rings is 8. The van der Waals surface area contributed by atoms with Crippen molar-refractivity contribution in [3.8, 4) is 33.4 Å². The van der Waals surface area contributed by atoms with Crippen LogP contribution in [0.5, 0.6) is 0 Å². The van der Waals surface area contributed by atoms with Crippen molar-refractivity contribution >= 4 is 59.3 Å². The smallest absolute Gasteiger partial charge is 0.0468 e. The molecule has 1 aliphatic carbocycles. The molecule has 0 N–H and O–H groups in total. The summed E-state index contributed by atoms with van der Waals surface area (Å²) < 4.78 is 2.69. The number of hydrogen-bond acceptors (Lipinski definition) is 2. The Morgan fingerprint density at radius 3 is 1.82 bits per heavy atom. The molecule has 0 spiro atoms. The molecule has 0 bridgehead atoms. The van der Waals surface area contributed by atoms with Crippen LogP contribution in [0.1, 0.15) is 25.0 Å². The molecule has 1 aromatic heterocycles. The predicted molar refractivity (Wildman–Crippen MR) is 220 cm³/mol. The molecular formula is C49H35NS. The van der Waals surface area contributed by atoms with Gasteiger partial charge in [0.2, 0.25) is 0 Å². The molecule has 0 unspecified atom stereocenters. The van der Waals surface area contributed by atoms with E-state index in [0.29, 0.717) is 0 Å². The first-order valence-electron chi connectivity index (χ1n) is 17.7. The Labute approximate surface area is 302 Å². The zero-order valence-electron chi connectivity index (χ0n) is 28.6. The van der Waals surface area contributed by atoms with Gasteiger partial charge in [0.1, 0.15) is 0 Å². The highest BCUT2D eigenvalue weighted by atomic mass is 32.1. The van der Waals surface area contributed by atoms with E-state index < -0.39 is 0 Å². The maximum Gasteiger partial charge on any atom is 0.0468 e. The largest absolute Gasteiger partial charge is 0.310 e. The van der Waals surface area contributed by atoms with Crippen LogP contribution in [0.25, 0.3) is 64.3 Å². The fraction of sp³-hybridized carbons (Fsp3) is 0.0612. The van der Waals surface area contributed by atoms with Crippen molar-refractivity contribution in [2.75, 3.05) is 4.90 Å². The summed E-state index contributed by atoms with van der Waals surface area (Å²) >= 11 is 1.91. The lowest BCUT2D eigenvalue weighted by molar-refractivity contribution is 0.661. The van der Waals surface area contributed by atoms with Crippen molar-refractivity contribution < 1.29 is 0 Å². The highest BCUT2D eigenvalue weighted by Crippen LogP contribution is 2.57. The lowest BCUT2D eigenvalue weighted by Gasteiger charge is -2.27. The van der Waals surface area contributed by atoms with Gasteiger partial charge in [-0.2, -0.15) is 0 Å². The van der Waals surface area contributed by atoms with Gasteiger partial charge in [-0.15, -0.1) is 11.3 Å². The van der Waals surface area contributed by atoms with Gasteiger partial charge in [-0.25, -0.2) is 0 Å². The Hall–Kier alpha value is -5.96. The second-order valence-corrected chi connectivity index (χ2v) is 15.2. The van der Waals surface area contributed by atoms with Gasteiger partial charge in [0.25, 0.3) is 0 Å². The molecule has 0 fully saturated rings. The standard InChI is InChI=1S/C49H35NS/c1-49(2)42-28-27-39(30-41(42)47-43(49)31-45-48(40-19-11-12-20-44(40)51-45)46(47)35-16-7-4-8-17-35)50(38-26-23-33-15-9-10-18-36(33)29-38)37-24-21-34(22-25-37)32-13-5-3-6-14-32/h3-31H,1-2H3. The Kier molecular flexibility index (Phi) is 6.78. The van der Waals surface area contributed by atoms with Gasteiger partial charge in [0.15, 0.2) is 0 Å². The van der Waals surface area contributed by atoms with Crippen LogP contribution in [-0.2, 0) is 5.41 Å². The summed E-state index contributed by atoms with van der Waals surface area (Å²) in [6.07, 6.45) is 0. The van der Waals surface area contributed by atoms with Gasteiger partial charge >= 0.3 is 0 Å². The molecule has 2 heteroatoms. The van der Waals surface area contributed by atoms with Crippen molar-refractivity contribution in [3.05, 3.63) is 187 Å². The molecule has 0 saturated heterocycles. The molecular weight excluding hydrogens is 635 g/mol. The Morgan fingerprint density at radius 1 is 0.431 bits per heavy atom. The second-order valence-electron chi connectivity index (χ2n) is 14.1. The average molecular weight is 670 g/mol. The molecule has 0 radical (unpaired) electrons. The third-order valence-electron chi connectivity index (χ3n) is 10.8. The number of nitrogens with zero attached hydrogens (tertiary/aromatic N) is 1. The lowest BCUT2D eigenvalue weighted by atomic mass is 9.81. The van der Waals surface area contributed by atoms with E-state index in [0.717, 1.165) is 17.1 Å². The van der Waals surface area contributed by atoms with Crippen LogP contribution in [0.15, 0.2) is 176 Å². The van der Waals surface area contributed by atoms with E-state index in [1.165, 1.54) is 75.5 Å². The van der Waals surface area contributed by atoms with Gasteiger partial charge in [-0.3, -0.25) is 0 Å². The van der Waals surface area contributed by atoms with Crippen LogP contribution in [-0.4, -0.2) is 0 Å². The predicted octanol–water partition coefficient (Wildman–Crippen LogP) is 14.3. The number of thiophene rings is 1. The van der Waals surface area contributed by atoms with E-state index in [9.17, 15) is 0 Å². The van der Waals surface area contributed by atoms with Crippen molar-refractivity contribution in [1.82, 2.24) is 0 Å². The number of fused-ring (bicyclic) bond motifs is 7. The average Bonchev–Trinajstić information content (AvgIpc) is 3.66. The van der Waals surface area contributed by atoms with Crippen molar-refractivity contribution in [1.29, 1.82) is 0 Å². The van der Waals surface area contributed by atoms with E-state index in [1.54, 1.807) is 0 Å². The third-order valence-corrected chi connectivity index (χ3v) is 11.9. The second kappa shape index (κ2) is 11.6. The molecule has 242 valence electrons. The summed E-state index contributed by atoms with van der Waals surface area (Å²) in [7, 11) is 0. The van der Waals surface area contributed by atoms with Crippen molar-refractivity contribution in [3.63, 3.8) is 0 Å². The molecule has 51 heavy (non-hydrogen) atoms. The van der Waals surface area contributed by atoms with Crippen LogP contribution in [0, 0.1) is 0 Å². The minimum absolute atomic E-state index is 0.151. The van der Waals surface area contributed by atoms with Crippen LogP contribution in [0.4, 0.5) is 17.1 Å². The maximum absolute atomic E-state index is 2.49. The Morgan fingerprint density at radius 2 is 1.04 bits per heavy atom. The quantitative estimate of drug-likeness (QED) is 0.176. The summed E-state index contributed by atoms with van der Waals surface area (Å²) in [6, 6.07) is 64.7. The lowest BCUT2D eigenvalue weighted by Crippen LogP contribution is -2.15. The first kappa shape index (κ1) is 29.9. The Bertz CT molecular complexity index is 2760. The Balaban J connectivity index is 1.23. The summed E-state index contributed by atoms with van der Waals surface area (Å²) in [4.78, 5) is 2.42. The van der Waals surface area contributed by atoms with Gasteiger partial charge in [-0.05, 0) is 104 Å². The van der Waals surface area contributed by atoms with Gasteiger partial charge in [0, 0.05) is 42.6 Å². The van der Waals surface area contributed by atoms with Crippen LogP contribution < -0.4 is 4.90 Å². The van der Waals surface area contributed by atoms with Crippen molar-refractivity contribution in [2.45, 2.75) is 19.3 Å². The normalized spacial score (nSPS) is 13.1. The van der Waals surface area contributed by atoms with E-state index in [-0.39, 0.29) is 5.41 Å². The SMILES string of the molecule is CC1(C)c2ccc(N(c3ccc(-c4ccccc4)cc3)c3ccc4ccccc4c3)cc2-c2c1cc1sc3ccccc3c1c2-c1ccccc1. The fourth-order valence-electron chi connectivity index (χ4n) is 8.32. The van der Waals surface area contributed by atoms with Gasteiger partial charge < -0.3 is 4.90 Å². The molecule has 1 aliphatic rings. The monoisotopic (exact) mass is 669 g/mol. The first-order valence-corrected chi connectivity index (χ1v) is 18.5. The molecule has 0 saturated carbocycles. The number of anilines is 3. The van der Waals surface area contributed by atoms with Gasteiger partial charge in [0.05, 0.1) is 0 Å². The molecule has 0 amide bonds. The highest BCUT2D eigenvalue weighted by molar-refractivity contribution is 7.26. The summed E-state index contributed by atoms with van der Waals surface area (Å²) in [5, 5.41) is 5.16. The zero-order valence-corrected chi connectivity index (χ0v) is 29.4. The molecule has 1 heterocycles. The summed E-state index contributed by atoms with van der Waals surface area (Å²) in [5.74, 6) is 0. The zero-order chi connectivity index (χ0) is 34.1. The minimum Gasteiger partial charge on any atom is -0.310 e. The molecule has 10 rings (SSSR count). The highest BCUT2D eigenvalue weighted by Gasteiger charge is 2.39. The van der Waals surface area contributed by atoms with E-state index in [2.05, 4.69) is 195 Å². The topological polar surface area (TPSA) is 3.24 Å². The summed E-state index contributed by atoms with van der Waals surface area (Å²) in [5.41, 5.74) is 13.7. The molecule has 8 aromatic carbocycles. The molecule has 9 aromatic rings. The molecule has 1 nitrogen and oxygen atoms in total. The summed E-state index contributed by atoms with van der Waals surface area (Å²) in [6.45, 7) is 4.79. The number of rotatable bonds is 5. The molecule has 0 atom stereocenters. The van der Waals surface area contributed by atoms with Crippen LogP contribution in [0.3, 0.4) is 0 Å².